The smallest absolute Gasteiger partial charge is 0.299 e. The van der Waals surface area contributed by atoms with Crippen molar-refractivity contribution in [3.8, 4) is 17.2 Å². The van der Waals surface area contributed by atoms with Gasteiger partial charge >= 0.3 is 0 Å². The highest BCUT2D eigenvalue weighted by Gasteiger charge is 2.17. The third kappa shape index (κ3) is 5.91. The Morgan fingerprint density at radius 3 is 2.51 bits per heavy atom. The van der Waals surface area contributed by atoms with E-state index in [4.69, 9.17) is 9.15 Å². The lowest BCUT2D eigenvalue weighted by atomic mass is 10.1. The van der Waals surface area contributed by atoms with Crippen LogP contribution in [0.2, 0.25) is 0 Å². The molecule has 2 N–H and O–H groups in total. The molecular formula is C31H28N4O4. The van der Waals surface area contributed by atoms with E-state index in [1.165, 1.54) is 10.9 Å². The molecule has 0 spiro atoms. The van der Waals surface area contributed by atoms with Crippen molar-refractivity contribution in [2.75, 3.05) is 5.32 Å². The lowest BCUT2D eigenvalue weighted by Gasteiger charge is -2.15. The van der Waals surface area contributed by atoms with Gasteiger partial charge in [0.25, 0.3) is 11.5 Å². The Morgan fingerprint density at radius 2 is 1.77 bits per heavy atom. The first-order valence-electron chi connectivity index (χ1n) is 12.5. The van der Waals surface area contributed by atoms with Crippen molar-refractivity contribution in [2.24, 2.45) is 0 Å². The molecule has 0 saturated carbocycles. The maximum absolute atomic E-state index is 13.7. The molecule has 0 radical (unpaired) electrons. The van der Waals surface area contributed by atoms with Gasteiger partial charge in [0.15, 0.2) is 11.4 Å². The minimum Gasteiger partial charge on any atom is -0.467 e. The Balaban J connectivity index is 1.48. The fourth-order valence-electron chi connectivity index (χ4n) is 3.97. The number of hydrogen-bond acceptors (Lipinski definition) is 6. The molecular weight excluding hydrogens is 492 g/mol. The first-order valence-corrected chi connectivity index (χ1v) is 12.5. The summed E-state index contributed by atoms with van der Waals surface area (Å²) in [4.78, 5) is 26.5. The summed E-state index contributed by atoms with van der Waals surface area (Å²) in [6.07, 6.45) is 3.07. The van der Waals surface area contributed by atoms with Crippen LogP contribution >= 0.6 is 0 Å². The Morgan fingerprint density at radius 1 is 0.949 bits per heavy atom. The number of nitrogens with zero attached hydrogens (tertiary/aromatic N) is 2. The van der Waals surface area contributed by atoms with E-state index in [-0.39, 0.29) is 23.9 Å². The molecule has 0 saturated heterocycles. The monoisotopic (exact) mass is 520 g/mol. The van der Waals surface area contributed by atoms with Gasteiger partial charge < -0.3 is 19.8 Å². The molecule has 196 valence electrons. The van der Waals surface area contributed by atoms with Gasteiger partial charge in [-0.05, 0) is 86.5 Å². The van der Waals surface area contributed by atoms with E-state index in [1.807, 2.05) is 63.2 Å². The van der Waals surface area contributed by atoms with Gasteiger partial charge in [-0.15, -0.1) is 0 Å². The fourth-order valence-corrected chi connectivity index (χ4v) is 3.97. The summed E-state index contributed by atoms with van der Waals surface area (Å²) in [6.45, 7) is 6.26. The van der Waals surface area contributed by atoms with Crippen LogP contribution in [0.4, 0.5) is 11.4 Å². The van der Waals surface area contributed by atoms with Crippen molar-refractivity contribution in [3.63, 3.8) is 0 Å². The van der Waals surface area contributed by atoms with Gasteiger partial charge in [-0.2, -0.15) is 9.78 Å². The third-order valence-electron chi connectivity index (χ3n) is 6.33. The number of hydrogen-bond donors (Lipinski definition) is 2. The largest absolute Gasteiger partial charge is 0.467 e. The van der Waals surface area contributed by atoms with Gasteiger partial charge in [0.1, 0.15) is 11.5 Å². The minimum absolute atomic E-state index is 0.192. The number of furan rings is 1. The third-order valence-corrected chi connectivity index (χ3v) is 6.33. The zero-order chi connectivity index (χ0) is 27.4. The standard InChI is InChI=1S/C31H28N4O4/c1-20-9-12-25(13-10-20)35-31(37)29(28(19-33-35)39-26-14-11-21(2)22(3)16-26)34-24-7-4-6-23(17-24)30(36)32-18-27-8-5-15-38-27/h4-17,19,34H,18H2,1-3H3,(H,32,36). The summed E-state index contributed by atoms with van der Waals surface area (Å²) in [5.74, 6) is 1.23. The summed E-state index contributed by atoms with van der Waals surface area (Å²) in [5.41, 5.74) is 4.66. The first kappa shape index (κ1) is 25.5. The summed E-state index contributed by atoms with van der Waals surface area (Å²) in [7, 11) is 0. The molecule has 0 bridgehead atoms. The number of aryl methyl sites for hydroxylation is 3. The molecule has 1 amide bonds. The van der Waals surface area contributed by atoms with Crippen molar-refractivity contribution < 1.29 is 13.9 Å². The molecule has 3 aromatic carbocycles. The number of carbonyl (C=O) groups is 1. The van der Waals surface area contributed by atoms with Gasteiger partial charge in [-0.1, -0.05) is 29.8 Å². The van der Waals surface area contributed by atoms with Gasteiger partial charge in [0.05, 0.1) is 24.7 Å². The maximum atomic E-state index is 13.7. The van der Waals surface area contributed by atoms with E-state index in [1.54, 1.807) is 42.7 Å². The highest BCUT2D eigenvalue weighted by Crippen LogP contribution is 2.30. The Kier molecular flexibility index (Phi) is 7.27. The highest BCUT2D eigenvalue weighted by molar-refractivity contribution is 5.95. The lowest BCUT2D eigenvalue weighted by Crippen LogP contribution is -2.24. The molecule has 0 fully saturated rings. The predicted octanol–water partition coefficient (Wildman–Crippen LogP) is 6.22. The van der Waals surface area contributed by atoms with Crippen molar-refractivity contribution in [1.29, 1.82) is 0 Å². The lowest BCUT2D eigenvalue weighted by molar-refractivity contribution is 0.0948. The van der Waals surface area contributed by atoms with E-state index >= 15 is 0 Å². The number of rotatable bonds is 8. The van der Waals surface area contributed by atoms with Crippen LogP contribution in [0.3, 0.4) is 0 Å². The number of anilines is 2. The molecule has 39 heavy (non-hydrogen) atoms. The van der Waals surface area contributed by atoms with E-state index in [9.17, 15) is 9.59 Å². The van der Waals surface area contributed by atoms with Crippen LogP contribution in [-0.4, -0.2) is 15.7 Å². The van der Waals surface area contributed by atoms with Crippen molar-refractivity contribution >= 4 is 17.3 Å². The van der Waals surface area contributed by atoms with Crippen molar-refractivity contribution in [2.45, 2.75) is 27.3 Å². The normalized spacial score (nSPS) is 10.7. The molecule has 8 nitrogen and oxygen atoms in total. The zero-order valence-electron chi connectivity index (χ0n) is 21.9. The molecule has 0 unspecified atom stereocenters. The van der Waals surface area contributed by atoms with Crippen LogP contribution < -0.4 is 20.9 Å². The van der Waals surface area contributed by atoms with Crippen LogP contribution in [0, 0.1) is 20.8 Å². The predicted molar refractivity (Wildman–Crippen MR) is 150 cm³/mol. The number of carbonyl (C=O) groups excluding carboxylic acids is 1. The molecule has 0 aliphatic heterocycles. The van der Waals surface area contributed by atoms with E-state index in [0.29, 0.717) is 28.4 Å². The van der Waals surface area contributed by atoms with Gasteiger partial charge in [0, 0.05) is 11.3 Å². The van der Waals surface area contributed by atoms with E-state index in [2.05, 4.69) is 15.7 Å². The molecule has 0 atom stereocenters. The van der Waals surface area contributed by atoms with Crippen LogP contribution in [0.25, 0.3) is 5.69 Å². The molecule has 0 aliphatic carbocycles. The van der Waals surface area contributed by atoms with Crippen LogP contribution in [0.15, 0.2) is 101 Å². The summed E-state index contributed by atoms with van der Waals surface area (Å²) in [6, 6.07) is 23.7. The van der Waals surface area contributed by atoms with Crippen LogP contribution in [0.1, 0.15) is 32.8 Å². The average molecular weight is 521 g/mol. The zero-order valence-corrected chi connectivity index (χ0v) is 21.9. The summed E-state index contributed by atoms with van der Waals surface area (Å²) in [5, 5.41) is 10.4. The van der Waals surface area contributed by atoms with E-state index in [0.717, 1.165) is 16.7 Å². The molecule has 8 heteroatoms. The molecule has 5 aromatic rings. The second kappa shape index (κ2) is 11.1. The number of amides is 1. The number of nitrogens with one attached hydrogen (secondary N) is 2. The topological polar surface area (TPSA) is 98.4 Å². The average Bonchev–Trinajstić information content (AvgIpc) is 3.46. The highest BCUT2D eigenvalue weighted by atomic mass is 16.5. The second-order valence-corrected chi connectivity index (χ2v) is 9.25. The van der Waals surface area contributed by atoms with E-state index < -0.39 is 5.56 Å². The van der Waals surface area contributed by atoms with Crippen LogP contribution in [-0.2, 0) is 6.54 Å². The molecule has 0 aliphatic rings. The first-order chi connectivity index (χ1) is 18.9. The molecule has 2 aromatic heterocycles. The van der Waals surface area contributed by atoms with Gasteiger partial charge in [-0.25, -0.2) is 0 Å². The second-order valence-electron chi connectivity index (χ2n) is 9.25. The van der Waals surface area contributed by atoms with Crippen LogP contribution in [0.5, 0.6) is 11.5 Å². The Labute approximate surface area is 225 Å². The minimum atomic E-state index is -0.395. The molecule has 2 heterocycles. The number of benzene rings is 3. The maximum Gasteiger partial charge on any atom is 0.299 e. The number of aromatic nitrogens is 2. The SMILES string of the molecule is Cc1ccc(-n2ncc(Oc3ccc(C)c(C)c3)c(Nc3cccc(C(=O)NCc4ccco4)c3)c2=O)cc1. The van der Waals surface area contributed by atoms with Crippen molar-refractivity contribution in [1.82, 2.24) is 15.1 Å². The fraction of sp³-hybridized carbons (Fsp3) is 0.129. The quantitative estimate of drug-likeness (QED) is 0.252. The molecule has 5 rings (SSSR count). The van der Waals surface area contributed by atoms with Crippen molar-refractivity contribution in [3.05, 3.63) is 130 Å². The van der Waals surface area contributed by atoms with Gasteiger partial charge in [0.2, 0.25) is 0 Å². The Hall–Kier alpha value is -5.11. The van der Waals surface area contributed by atoms with Gasteiger partial charge in [-0.3, -0.25) is 9.59 Å². The number of ether oxygens (including phenoxy) is 1. The Bertz CT molecular complexity index is 1670. The summed E-state index contributed by atoms with van der Waals surface area (Å²) < 4.78 is 12.7. The summed E-state index contributed by atoms with van der Waals surface area (Å²) >= 11 is 0.